The van der Waals surface area contributed by atoms with Gasteiger partial charge < -0.3 is 20.0 Å². The predicted molar refractivity (Wildman–Crippen MR) is 82.6 cm³/mol. The molecular formula is C13H25N7. The fourth-order valence-corrected chi connectivity index (χ4v) is 2.14. The van der Waals surface area contributed by atoms with Crippen LogP contribution in [0.25, 0.3) is 0 Å². The molecule has 1 aromatic heterocycles. The maximum Gasteiger partial charge on any atom is 0.231 e. The third-order valence-electron chi connectivity index (χ3n) is 3.45. The van der Waals surface area contributed by atoms with Gasteiger partial charge in [0, 0.05) is 40.3 Å². The average Bonchev–Trinajstić information content (AvgIpc) is 2.98. The Morgan fingerprint density at radius 3 is 2.35 bits per heavy atom. The Hall–Kier alpha value is -1.63. The van der Waals surface area contributed by atoms with Gasteiger partial charge in [-0.2, -0.15) is 15.0 Å². The summed E-state index contributed by atoms with van der Waals surface area (Å²) in [6.45, 7) is 3.93. The maximum absolute atomic E-state index is 4.61. The Labute approximate surface area is 121 Å². The molecule has 1 aliphatic rings. The van der Waals surface area contributed by atoms with Gasteiger partial charge in [-0.05, 0) is 26.9 Å². The molecule has 0 saturated carbocycles. The Balaban J connectivity index is 2.16. The molecule has 0 aliphatic carbocycles. The molecule has 1 aromatic rings. The highest BCUT2D eigenvalue weighted by Gasteiger charge is 2.18. The number of anilines is 3. The molecule has 0 spiro atoms. The Bertz CT molecular complexity index is 429. The third-order valence-corrected chi connectivity index (χ3v) is 3.45. The molecule has 0 radical (unpaired) electrons. The SMILES string of the molecule is CNc1nc(N(C)CCN(C)C)nc(N2CCCC2)n1. The zero-order chi connectivity index (χ0) is 14.5. The minimum atomic E-state index is 0.633. The van der Waals surface area contributed by atoms with Crippen LogP contribution in [0.2, 0.25) is 0 Å². The molecule has 7 nitrogen and oxygen atoms in total. The molecule has 0 unspecified atom stereocenters. The molecule has 112 valence electrons. The van der Waals surface area contributed by atoms with Crippen LogP contribution in [0.15, 0.2) is 0 Å². The van der Waals surface area contributed by atoms with Gasteiger partial charge in [-0.15, -0.1) is 0 Å². The summed E-state index contributed by atoms with van der Waals surface area (Å²) in [5, 5.41) is 3.02. The van der Waals surface area contributed by atoms with E-state index >= 15 is 0 Å². The van der Waals surface area contributed by atoms with E-state index in [4.69, 9.17) is 0 Å². The lowest BCUT2D eigenvalue weighted by atomic mass is 10.4. The van der Waals surface area contributed by atoms with E-state index in [1.165, 1.54) is 12.8 Å². The van der Waals surface area contributed by atoms with Crippen LogP contribution < -0.4 is 15.1 Å². The van der Waals surface area contributed by atoms with E-state index in [2.05, 4.69) is 49.1 Å². The van der Waals surface area contributed by atoms with E-state index in [1.807, 2.05) is 14.1 Å². The first kappa shape index (κ1) is 14.8. The van der Waals surface area contributed by atoms with Crippen molar-refractivity contribution in [1.82, 2.24) is 19.9 Å². The second-order valence-corrected chi connectivity index (χ2v) is 5.43. The molecule has 1 fully saturated rings. The third kappa shape index (κ3) is 3.69. The monoisotopic (exact) mass is 279 g/mol. The number of nitrogens with zero attached hydrogens (tertiary/aromatic N) is 6. The summed E-state index contributed by atoms with van der Waals surface area (Å²) in [6.07, 6.45) is 2.43. The van der Waals surface area contributed by atoms with Crippen molar-refractivity contribution in [2.45, 2.75) is 12.8 Å². The lowest BCUT2D eigenvalue weighted by Gasteiger charge is -2.22. The van der Waals surface area contributed by atoms with Crippen LogP contribution in [0.1, 0.15) is 12.8 Å². The second kappa shape index (κ2) is 6.69. The molecule has 0 amide bonds. The first-order chi connectivity index (χ1) is 9.60. The standard InChI is InChI=1S/C13H25N7/c1-14-11-15-12(19(4)10-9-18(2)3)17-13(16-11)20-7-5-6-8-20/h5-10H2,1-4H3,(H,14,15,16,17). The zero-order valence-electron chi connectivity index (χ0n) is 12.9. The number of likely N-dealkylation sites (N-methyl/N-ethyl adjacent to an activating group) is 2. The van der Waals surface area contributed by atoms with Crippen molar-refractivity contribution in [3.63, 3.8) is 0 Å². The van der Waals surface area contributed by atoms with E-state index in [-0.39, 0.29) is 0 Å². The second-order valence-electron chi connectivity index (χ2n) is 5.43. The summed E-state index contributed by atoms with van der Waals surface area (Å²) in [7, 11) is 7.99. The van der Waals surface area contributed by atoms with Crippen LogP contribution in [0.4, 0.5) is 17.8 Å². The summed E-state index contributed by atoms with van der Waals surface area (Å²) in [5.74, 6) is 2.15. The summed E-state index contributed by atoms with van der Waals surface area (Å²) < 4.78 is 0. The largest absolute Gasteiger partial charge is 0.357 e. The van der Waals surface area contributed by atoms with E-state index in [9.17, 15) is 0 Å². The van der Waals surface area contributed by atoms with Crippen molar-refractivity contribution in [1.29, 1.82) is 0 Å². The van der Waals surface area contributed by atoms with Crippen LogP contribution in [0.5, 0.6) is 0 Å². The molecule has 0 atom stereocenters. The van der Waals surface area contributed by atoms with Crippen LogP contribution in [-0.2, 0) is 0 Å². The van der Waals surface area contributed by atoms with Crippen molar-refractivity contribution < 1.29 is 0 Å². The average molecular weight is 279 g/mol. The van der Waals surface area contributed by atoms with E-state index < -0.39 is 0 Å². The molecular weight excluding hydrogens is 254 g/mol. The summed E-state index contributed by atoms with van der Waals surface area (Å²) >= 11 is 0. The van der Waals surface area contributed by atoms with Gasteiger partial charge in [-0.25, -0.2) is 0 Å². The maximum atomic E-state index is 4.61. The molecule has 2 heterocycles. The number of nitrogens with one attached hydrogen (secondary N) is 1. The molecule has 7 heteroatoms. The Kier molecular flexibility index (Phi) is 4.94. The highest BCUT2D eigenvalue weighted by Crippen LogP contribution is 2.19. The van der Waals surface area contributed by atoms with Crippen LogP contribution >= 0.6 is 0 Å². The van der Waals surface area contributed by atoms with E-state index in [0.717, 1.165) is 38.1 Å². The highest BCUT2D eigenvalue weighted by molar-refractivity contribution is 5.45. The number of hydrogen-bond donors (Lipinski definition) is 1. The Morgan fingerprint density at radius 2 is 1.75 bits per heavy atom. The van der Waals surface area contributed by atoms with Gasteiger partial charge in [-0.1, -0.05) is 0 Å². The molecule has 1 N–H and O–H groups in total. The first-order valence-corrected chi connectivity index (χ1v) is 7.15. The first-order valence-electron chi connectivity index (χ1n) is 7.15. The van der Waals surface area contributed by atoms with Gasteiger partial charge >= 0.3 is 0 Å². The zero-order valence-corrected chi connectivity index (χ0v) is 12.9. The molecule has 1 aliphatic heterocycles. The normalized spacial score (nSPS) is 14.9. The fourth-order valence-electron chi connectivity index (χ4n) is 2.14. The smallest absolute Gasteiger partial charge is 0.231 e. The van der Waals surface area contributed by atoms with Gasteiger partial charge in [0.25, 0.3) is 0 Å². The van der Waals surface area contributed by atoms with Crippen molar-refractivity contribution in [2.75, 3.05) is 69.5 Å². The van der Waals surface area contributed by atoms with Gasteiger partial charge in [0.1, 0.15) is 0 Å². The lowest BCUT2D eigenvalue weighted by Crippen LogP contribution is -2.31. The number of hydrogen-bond acceptors (Lipinski definition) is 7. The molecule has 1 saturated heterocycles. The fraction of sp³-hybridized carbons (Fsp3) is 0.769. The van der Waals surface area contributed by atoms with Crippen LogP contribution in [0, 0.1) is 0 Å². The minimum absolute atomic E-state index is 0.633. The molecule has 2 rings (SSSR count). The predicted octanol–water partition coefficient (Wildman–Crippen LogP) is 0.511. The van der Waals surface area contributed by atoms with Gasteiger partial charge in [0.15, 0.2) is 0 Å². The van der Waals surface area contributed by atoms with Crippen molar-refractivity contribution >= 4 is 17.8 Å². The van der Waals surface area contributed by atoms with Crippen LogP contribution in [-0.4, -0.2) is 74.2 Å². The van der Waals surface area contributed by atoms with E-state index in [1.54, 1.807) is 0 Å². The molecule has 0 aromatic carbocycles. The summed E-state index contributed by atoms with van der Waals surface area (Å²) in [4.78, 5) is 20.0. The van der Waals surface area contributed by atoms with Gasteiger partial charge in [0.05, 0.1) is 0 Å². The van der Waals surface area contributed by atoms with Crippen molar-refractivity contribution in [3.8, 4) is 0 Å². The summed E-state index contributed by atoms with van der Waals surface area (Å²) in [5.41, 5.74) is 0. The number of rotatable bonds is 6. The minimum Gasteiger partial charge on any atom is -0.357 e. The quantitative estimate of drug-likeness (QED) is 0.814. The lowest BCUT2D eigenvalue weighted by molar-refractivity contribution is 0.415. The van der Waals surface area contributed by atoms with Gasteiger partial charge in [-0.3, -0.25) is 0 Å². The van der Waals surface area contributed by atoms with E-state index in [0.29, 0.717) is 5.95 Å². The highest BCUT2D eigenvalue weighted by atomic mass is 15.4. The Morgan fingerprint density at radius 1 is 1.05 bits per heavy atom. The molecule has 0 bridgehead atoms. The summed E-state index contributed by atoms with van der Waals surface area (Å²) in [6, 6.07) is 0. The molecule has 20 heavy (non-hydrogen) atoms. The van der Waals surface area contributed by atoms with Gasteiger partial charge in [0.2, 0.25) is 17.8 Å². The van der Waals surface area contributed by atoms with Crippen LogP contribution in [0.3, 0.4) is 0 Å². The van der Waals surface area contributed by atoms with Crippen molar-refractivity contribution in [3.05, 3.63) is 0 Å². The number of aromatic nitrogens is 3. The topological polar surface area (TPSA) is 60.4 Å². The van der Waals surface area contributed by atoms with Crippen molar-refractivity contribution in [2.24, 2.45) is 0 Å².